The summed E-state index contributed by atoms with van der Waals surface area (Å²) in [6.45, 7) is 4.51. The molecule has 2 saturated carbocycles. The standard InChI is InChI=1S/C15H18.C14H16/c1-2-12-5-3-4-6-14(12)15-10-11-7-8-13(15)9-11;1-10-4-2-3-5-13(10)14-9-11-6-7-12(14)8-11/h3-8,11,13,15H,2,9-10H2,1H3;2-7,11-12,14H,8-9H2,1H3. The molecule has 0 N–H and O–H groups in total. The molecule has 6 unspecified atom stereocenters. The largest absolute Gasteiger partial charge is 0.0851 e. The van der Waals surface area contributed by atoms with E-state index in [0.717, 1.165) is 35.5 Å². The molecule has 0 nitrogen and oxygen atoms in total. The van der Waals surface area contributed by atoms with Crippen LogP contribution in [0.3, 0.4) is 0 Å². The molecule has 0 heterocycles. The quantitative estimate of drug-likeness (QED) is 0.479. The predicted octanol–water partition coefficient (Wildman–Crippen LogP) is 7.60. The van der Waals surface area contributed by atoms with Gasteiger partial charge >= 0.3 is 0 Å². The van der Waals surface area contributed by atoms with Gasteiger partial charge in [-0.2, -0.15) is 0 Å². The summed E-state index contributed by atoms with van der Waals surface area (Å²) in [7, 11) is 0. The molecule has 0 spiro atoms. The molecular weight excluding hydrogens is 348 g/mol. The fourth-order valence-electron chi connectivity index (χ4n) is 6.50. The lowest BCUT2D eigenvalue weighted by Gasteiger charge is -2.21. The first kappa shape index (κ1) is 18.9. The van der Waals surface area contributed by atoms with E-state index in [1.165, 1.54) is 37.7 Å². The van der Waals surface area contributed by atoms with Gasteiger partial charge in [0, 0.05) is 0 Å². The van der Waals surface area contributed by atoms with E-state index in [9.17, 15) is 0 Å². The molecule has 6 atom stereocenters. The maximum Gasteiger partial charge on any atom is -0.00905 e. The SMILES string of the molecule is CCc1ccccc1C1CC2C=CC1C2.Cc1ccccc1C1CC2C=CC1C2. The maximum atomic E-state index is 2.45. The van der Waals surface area contributed by atoms with Gasteiger partial charge in [0.1, 0.15) is 0 Å². The number of allylic oxidation sites excluding steroid dienone is 4. The molecule has 6 rings (SSSR count). The van der Waals surface area contributed by atoms with Crippen molar-refractivity contribution in [2.75, 3.05) is 0 Å². The van der Waals surface area contributed by atoms with E-state index >= 15 is 0 Å². The molecule has 0 radical (unpaired) electrons. The molecule has 0 heteroatoms. The third kappa shape index (κ3) is 3.63. The highest BCUT2D eigenvalue weighted by Gasteiger charge is 2.37. The minimum atomic E-state index is 0.811. The molecule has 0 aromatic heterocycles. The van der Waals surface area contributed by atoms with Crippen molar-refractivity contribution in [3.05, 3.63) is 95.1 Å². The van der Waals surface area contributed by atoms with Crippen molar-refractivity contribution >= 4 is 0 Å². The van der Waals surface area contributed by atoms with Crippen LogP contribution in [-0.2, 0) is 6.42 Å². The van der Waals surface area contributed by atoms with Crippen LogP contribution in [-0.4, -0.2) is 0 Å². The summed E-state index contributed by atoms with van der Waals surface area (Å²) in [6, 6.07) is 17.9. The van der Waals surface area contributed by atoms with E-state index in [2.05, 4.69) is 86.7 Å². The summed E-state index contributed by atoms with van der Waals surface area (Å²) in [6.07, 6.45) is 16.5. The predicted molar refractivity (Wildman–Crippen MR) is 123 cm³/mol. The molecule has 0 amide bonds. The van der Waals surface area contributed by atoms with Crippen LogP contribution in [0.1, 0.15) is 66.7 Å². The Morgan fingerprint density at radius 1 is 0.655 bits per heavy atom. The lowest BCUT2D eigenvalue weighted by Crippen LogP contribution is -2.07. The van der Waals surface area contributed by atoms with Gasteiger partial charge in [0.2, 0.25) is 0 Å². The van der Waals surface area contributed by atoms with Crippen molar-refractivity contribution < 1.29 is 0 Å². The number of fused-ring (bicyclic) bond motifs is 4. The van der Waals surface area contributed by atoms with Crippen LogP contribution in [0.2, 0.25) is 0 Å². The highest BCUT2D eigenvalue weighted by Crippen LogP contribution is 2.50. The molecule has 4 aliphatic rings. The van der Waals surface area contributed by atoms with Gasteiger partial charge in [-0.15, -0.1) is 0 Å². The van der Waals surface area contributed by atoms with Gasteiger partial charge in [0.05, 0.1) is 0 Å². The molecular formula is C29H34. The number of benzene rings is 2. The first-order valence-corrected chi connectivity index (χ1v) is 11.7. The molecule has 29 heavy (non-hydrogen) atoms. The van der Waals surface area contributed by atoms with E-state index < -0.39 is 0 Å². The fourth-order valence-corrected chi connectivity index (χ4v) is 6.50. The summed E-state index contributed by atoms with van der Waals surface area (Å²) < 4.78 is 0. The van der Waals surface area contributed by atoms with Crippen LogP contribution in [0.5, 0.6) is 0 Å². The van der Waals surface area contributed by atoms with Crippen molar-refractivity contribution in [3.63, 3.8) is 0 Å². The van der Waals surface area contributed by atoms with Crippen LogP contribution in [0.15, 0.2) is 72.8 Å². The summed E-state index contributed by atoms with van der Waals surface area (Å²) in [5, 5.41) is 0. The Morgan fingerprint density at radius 3 is 1.72 bits per heavy atom. The third-order valence-electron chi connectivity index (χ3n) is 7.98. The van der Waals surface area contributed by atoms with Crippen molar-refractivity contribution in [3.8, 4) is 0 Å². The minimum absolute atomic E-state index is 0.811. The van der Waals surface area contributed by atoms with Crippen molar-refractivity contribution in [1.82, 2.24) is 0 Å². The van der Waals surface area contributed by atoms with Gasteiger partial charge < -0.3 is 0 Å². The lowest BCUT2D eigenvalue weighted by atomic mass is 9.84. The van der Waals surface area contributed by atoms with Gasteiger partial charge in [-0.1, -0.05) is 79.8 Å². The van der Waals surface area contributed by atoms with E-state index in [1.807, 2.05) is 0 Å². The number of aryl methyl sites for hydroxylation is 2. The Hall–Kier alpha value is -2.08. The zero-order valence-electron chi connectivity index (χ0n) is 17.9. The van der Waals surface area contributed by atoms with Crippen LogP contribution in [0.25, 0.3) is 0 Å². The zero-order valence-corrected chi connectivity index (χ0v) is 17.9. The molecule has 2 fully saturated rings. The van der Waals surface area contributed by atoms with Crippen LogP contribution in [0.4, 0.5) is 0 Å². The van der Waals surface area contributed by atoms with Gasteiger partial charge in [0.15, 0.2) is 0 Å². The molecule has 2 aromatic carbocycles. The maximum absolute atomic E-state index is 2.45. The first-order valence-electron chi connectivity index (χ1n) is 11.7. The van der Waals surface area contributed by atoms with E-state index in [1.54, 1.807) is 16.7 Å². The molecule has 0 aliphatic heterocycles. The van der Waals surface area contributed by atoms with E-state index in [0.29, 0.717) is 0 Å². The van der Waals surface area contributed by atoms with Gasteiger partial charge in [-0.3, -0.25) is 0 Å². The molecule has 150 valence electrons. The fraction of sp³-hybridized carbons (Fsp3) is 0.448. The molecule has 0 saturated heterocycles. The summed E-state index contributed by atoms with van der Waals surface area (Å²) >= 11 is 0. The average molecular weight is 383 g/mol. The summed E-state index contributed by atoms with van der Waals surface area (Å²) in [4.78, 5) is 0. The third-order valence-corrected chi connectivity index (χ3v) is 7.98. The van der Waals surface area contributed by atoms with E-state index in [4.69, 9.17) is 0 Å². The molecule has 4 aliphatic carbocycles. The Labute approximate surface area is 176 Å². The Bertz CT molecular complexity index is 917. The van der Waals surface area contributed by atoms with Gasteiger partial charge in [0.25, 0.3) is 0 Å². The summed E-state index contributed by atoms with van der Waals surface area (Å²) in [5.74, 6) is 5.06. The Morgan fingerprint density at radius 2 is 1.21 bits per heavy atom. The second-order valence-electron chi connectivity index (χ2n) is 9.68. The van der Waals surface area contributed by atoms with Crippen molar-refractivity contribution in [1.29, 1.82) is 0 Å². The summed E-state index contributed by atoms with van der Waals surface area (Å²) in [5.41, 5.74) is 6.24. The minimum Gasteiger partial charge on any atom is -0.0851 e. The number of hydrogen-bond acceptors (Lipinski definition) is 0. The number of hydrogen-bond donors (Lipinski definition) is 0. The van der Waals surface area contributed by atoms with Gasteiger partial charge in [-0.25, -0.2) is 0 Å². The normalized spacial score (nSPS) is 33.2. The van der Waals surface area contributed by atoms with Crippen LogP contribution < -0.4 is 0 Å². The second-order valence-corrected chi connectivity index (χ2v) is 9.68. The second kappa shape index (κ2) is 7.98. The zero-order chi connectivity index (χ0) is 19.8. The van der Waals surface area contributed by atoms with E-state index in [-0.39, 0.29) is 0 Å². The molecule has 4 bridgehead atoms. The Balaban J connectivity index is 0.000000125. The van der Waals surface area contributed by atoms with Crippen molar-refractivity contribution in [2.24, 2.45) is 23.7 Å². The van der Waals surface area contributed by atoms with Gasteiger partial charge in [-0.05, 0) is 96.8 Å². The lowest BCUT2D eigenvalue weighted by molar-refractivity contribution is 0.581. The van der Waals surface area contributed by atoms with Crippen LogP contribution in [0, 0.1) is 30.6 Å². The monoisotopic (exact) mass is 382 g/mol. The highest BCUT2D eigenvalue weighted by atomic mass is 14.4. The smallest absolute Gasteiger partial charge is 0.00905 e. The first-order chi connectivity index (χ1) is 14.2. The topological polar surface area (TPSA) is 0 Å². The average Bonchev–Trinajstić information content (AvgIpc) is 3.56. The van der Waals surface area contributed by atoms with Crippen molar-refractivity contribution in [2.45, 2.75) is 57.8 Å². The highest BCUT2D eigenvalue weighted by molar-refractivity contribution is 5.35. The number of rotatable bonds is 3. The van der Waals surface area contributed by atoms with Crippen LogP contribution >= 0.6 is 0 Å². The Kier molecular flexibility index (Phi) is 5.20. The molecule has 2 aromatic rings.